The number of anilines is 1. The van der Waals surface area contributed by atoms with E-state index in [1.807, 2.05) is 31.2 Å². The second-order valence-electron chi connectivity index (χ2n) is 7.05. The molecule has 4 rings (SSSR count). The van der Waals surface area contributed by atoms with Crippen LogP contribution in [0.1, 0.15) is 11.1 Å². The molecule has 2 heterocycles. The number of urea groups is 1. The Bertz CT molecular complexity index is 1010. The number of fused-ring (bicyclic) bond motifs is 1. The number of halogens is 2. The van der Waals surface area contributed by atoms with E-state index in [1.54, 1.807) is 28.0 Å². The maximum absolute atomic E-state index is 13.2. The van der Waals surface area contributed by atoms with E-state index >= 15 is 0 Å². The fourth-order valence-corrected chi connectivity index (χ4v) is 6.03. The summed E-state index contributed by atoms with van der Waals surface area (Å²) in [5.74, 6) is -0.0564. The second-order valence-corrected chi connectivity index (χ2v) is 10.0. The van der Waals surface area contributed by atoms with Gasteiger partial charge in [0.05, 0.1) is 23.6 Å². The summed E-state index contributed by atoms with van der Waals surface area (Å²) in [7, 11) is -3.21. The molecule has 0 spiro atoms. The van der Waals surface area contributed by atoms with E-state index in [1.165, 1.54) is 0 Å². The Balaban J connectivity index is 1.71. The quantitative estimate of drug-likeness (QED) is 0.701. The van der Waals surface area contributed by atoms with Crippen molar-refractivity contribution in [3.8, 4) is 0 Å². The number of hydrogen-bond acceptors (Lipinski definition) is 3. The van der Waals surface area contributed by atoms with Crippen LogP contribution in [-0.4, -0.2) is 42.9 Å². The van der Waals surface area contributed by atoms with Crippen LogP contribution >= 0.6 is 23.2 Å². The van der Waals surface area contributed by atoms with Crippen LogP contribution in [0.3, 0.4) is 0 Å². The van der Waals surface area contributed by atoms with Crippen molar-refractivity contribution < 1.29 is 13.2 Å². The highest BCUT2D eigenvalue weighted by atomic mass is 35.5. The third-order valence-corrected chi connectivity index (χ3v) is 7.54. The number of hydrogen-bond donors (Lipinski definition) is 0. The van der Waals surface area contributed by atoms with Gasteiger partial charge in [-0.25, -0.2) is 13.2 Å². The van der Waals surface area contributed by atoms with Crippen molar-refractivity contribution in [2.75, 3.05) is 16.4 Å². The summed E-state index contributed by atoms with van der Waals surface area (Å²) in [6, 6.07) is 11.6. The first-order chi connectivity index (χ1) is 12.7. The minimum absolute atomic E-state index is 0.0207. The van der Waals surface area contributed by atoms with E-state index in [2.05, 4.69) is 0 Å². The van der Waals surface area contributed by atoms with Crippen LogP contribution in [0.4, 0.5) is 10.5 Å². The van der Waals surface area contributed by atoms with Crippen molar-refractivity contribution in [3.05, 3.63) is 63.6 Å². The SMILES string of the molecule is Cc1ccc(N2C(=O)N(Cc3ccc(Cl)cc3)[C@@H]3CS(=O)(=O)C[C@@H]32)cc1Cl. The lowest BCUT2D eigenvalue weighted by molar-refractivity contribution is 0.206. The molecule has 27 heavy (non-hydrogen) atoms. The van der Waals surface area contributed by atoms with E-state index in [0.717, 1.165) is 11.1 Å². The Hall–Kier alpha value is -1.76. The highest BCUT2D eigenvalue weighted by Crippen LogP contribution is 2.37. The van der Waals surface area contributed by atoms with Gasteiger partial charge in [-0.1, -0.05) is 41.4 Å². The Labute approximate surface area is 168 Å². The van der Waals surface area contributed by atoms with Crippen LogP contribution < -0.4 is 4.90 Å². The van der Waals surface area contributed by atoms with Crippen molar-refractivity contribution in [1.82, 2.24) is 4.90 Å². The van der Waals surface area contributed by atoms with E-state index in [-0.39, 0.29) is 23.6 Å². The lowest BCUT2D eigenvalue weighted by Crippen LogP contribution is -2.37. The molecule has 2 aromatic rings. The van der Waals surface area contributed by atoms with Crippen molar-refractivity contribution in [2.24, 2.45) is 0 Å². The molecule has 0 aromatic heterocycles. The number of benzene rings is 2. The number of aryl methyl sites for hydroxylation is 1. The smallest absolute Gasteiger partial charge is 0.314 e. The number of sulfone groups is 1. The minimum Gasteiger partial charge on any atom is -0.314 e. The minimum atomic E-state index is -3.21. The van der Waals surface area contributed by atoms with Gasteiger partial charge in [-0.15, -0.1) is 0 Å². The molecular weight excluding hydrogens is 407 g/mol. The van der Waals surface area contributed by atoms with Gasteiger partial charge < -0.3 is 4.90 Å². The first kappa shape index (κ1) is 18.6. The average molecular weight is 425 g/mol. The maximum Gasteiger partial charge on any atom is 0.325 e. The van der Waals surface area contributed by atoms with E-state index < -0.39 is 15.9 Å². The molecule has 0 unspecified atom stereocenters. The Morgan fingerprint density at radius 2 is 1.70 bits per heavy atom. The van der Waals surface area contributed by atoms with Crippen LogP contribution in [0.5, 0.6) is 0 Å². The number of carbonyl (C=O) groups is 1. The van der Waals surface area contributed by atoms with Crippen molar-refractivity contribution >= 4 is 44.8 Å². The molecule has 2 saturated heterocycles. The van der Waals surface area contributed by atoms with Gasteiger partial charge in [0.25, 0.3) is 0 Å². The monoisotopic (exact) mass is 424 g/mol. The standard InChI is InChI=1S/C19H18Cl2N2O3S/c1-12-2-7-15(8-16(12)21)23-18-11-27(25,26)10-17(18)22(19(23)24)9-13-3-5-14(20)6-4-13/h2-8,17-18H,9-11H2,1H3/t17-,18+/m1/s1. The predicted molar refractivity (Wildman–Crippen MR) is 107 cm³/mol. The van der Waals surface area contributed by atoms with Crippen LogP contribution in [0.15, 0.2) is 42.5 Å². The first-order valence-corrected chi connectivity index (χ1v) is 11.1. The summed E-state index contributed by atoms with van der Waals surface area (Å²) in [4.78, 5) is 16.4. The van der Waals surface area contributed by atoms with Gasteiger partial charge in [-0.2, -0.15) is 0 Å². The maximum atomic E-state index is 13.2. The van der Waals surface area contributed by atoms with Gasteiger partial charge in [0.2, 0.25) is 0 Å². The van der Waals surface area contributed by atoms with Gasteiger partial charge >= 0.3 is 6.03 Å². The number of nitrogens with zero attached hydrogens (tertiary/aromatic N) is 2. The third kappa shape index (κ3) is 3.42. The van der Waals surface area contributed by atoms with Gasteiger partial charge in [0, 0.05) is 22.3 Å². The zero-order valence-corrected chi connectivity index (χ0v) is 16.9. The summed E-state index contributed by atoms with van der Waals surface area (Å²) >= 11 is 12.2. The second kappa shape index (κ2) is 6.69. The highest BCUT2D eigenvalue weighted by Gasteiger charge is 2.53. The largest absolute Gasteiger partial charge is 0.325 e. The number of rotatable bonds is 3. The molecule has 142 valence electrons. The van der Waals surface area contributed by atoms with Crippen molar-refractivity contribution in [1.29, 1.82) is 0 Å². The molecule has 2 fully saturated rings. The average Bonchev–Trinajstić information content (AvgIpc) is 3.03. The molecule has 0 aliphatic carbocycles. The predicted octanol–water partition coefficient (Wildman–Crippen LogP) is 3.91. The topological polar surface area (TPSA) is 57.7 Å². The van der Waals surface area contributed by atoms with Crippen LogP contribution in [0, 0.1) is 6.92 Å². The molecule has 2 aliphatic rings. The summed E-state index contributed by atoms with van der Waals surface area (Å²) in [6.45, 7) is 2.22. The molecule has 0 radical (unpaired) electrons. The van der Waals surface area contributed by atoms with Crippen molar-refractivity contribution in [2.45, 2.75) is 25.6 Å². The summed E-state index contributed by atoms with van der Waals surface area (Å²) in [5.41, 5.74) is 2.43. The lowest BCUT2D eigenvalue weighted by Gasteiger charge is -2.23. The first-order valence-electron chi connectivity index (χ1n) is 8.56. The molecule has 0 bridgehead atoms. The molecule has 0 N–H and O–H groups in total. The molecule has 0 saturated carbocycles. The summed E-state index contributed by atoms with van der Waals surface area (Å²) in [6.07, 6.45) is 0. The molecule has 2 atom stereocenters. The highest BCUT2D eigenvalue weighted by molar-refractivity contribution is 7.91. The van der Waals surface area contributed by atoms with E-state index in [4.69, 9.17) is 23.2 Å². The molecule has 2 aromatic carbocycles. The van der Waals surface area contributed by atoms with Crippen LogP contribution in [0.25, 0.3) is 0 Å². The molecule has 8 heteroatoms. The van der Waals surface area contributed by atoms with Crippen LogP contribution in [0.2, 0.25) is 10.0 Å². The molecule has 2 aliphatic heterocycles. The van der Waals surface area contributed by atoms with Gasteiger partial charge in [-0.05, 0) is 42.3 Å². The normalized spacial score (nSPS) is 23.7. The Kier molecular flexibility index (Phi) is 4.61. The molecule has 5 nitrogen and oxygen atoms in total. The van der Waals surface area contributed by atoms with Gasteiger partial charge in [0.1, 0.15) is 0 Å². The summed E-state index contributed by atoms with van der Waals surface area (Å²) < 4.78 is 24.6. The van der Waals surface area contributed by atoms with Crippen LogP contribution in [-0.2, 0) is 16.4 Å². The lowest BCUT2D eigenvalue weighted by atomic mass is 10.1. The molecular formula is C19H18Cl2N2O3S. The third-order valence-electron chi connectivity index (χ3n) is 5.18. The zero-order valence-electron chi connectivity index (χ0n) is 14.6. The van der Waals surface area contributed by atoms with E-state index in [9.17, 15) is 13.2 Å². The van der Waals surface area contributed by atoms with Crippen molar-refractivity contribution in [3.63, 3.8) is 0 Å². The zero-order chi connectivity index (χ0) is 19.3. The fourth-order valence-electron chi connectivity index (χ4n) is 3.78. The summed E-state index contributed by atoms with van der Waals surface area (Å²) in [5, 5.41) is 1.16. The number of amides is 2. The fraction of sp³-hybridized carbons (Fsp3) is 0.316. The van der Waals surface area contributed by atoms with Gasteiger partial charge in [0.15, 0.2) is 9.84 Å². The van der Waals surface area contributed by atoms with Gasteiger partial charge in [-0.3, -0.25) is 4.90 Å². The number of carbonyl (C=O) groups excluding carboxylic acids is 1. The Morgan fingerprint density at radius 3 is 2.37 bits per heavy atom. The molecule has 2 amide bonds. The Morgan fingerprint density at radius 1 is 1.04 bits per heavy atom. The van der Waals surface area contributed by atoms with E-state index in [0.29, 0.717) is 22.3 Å².